The summed E-state index contributed by atoms with van der Waals surface area (Å²) in [7, 11) is 3.57. The number of nitrogens with zero attached hydrogens (tertiary/aromatic N) is 3. The summed E-state index contributed by atoms with van der Waals surface area (Å²) in [5.74, 6) is -0.335. The Bertz CT molecular complexity index is 765. The first-order valence-corrected chi connectivity index (χ1v) is 8.11. The molecule has 0 bridgehead atoms. The van der Waals surface area contributed by atoms with Crippen molar-refractivity contribution in [3.8, 4) is 0 Å². The van der Waals surface area contributed by atoms with Crippen molar-refractivity contribution in [2.24, 2.45) is 7.05 Å². The fourth-order valence-electron chi connectivity index (χ4n) is 2.52. The normalized spacial score (nSPS) is 10.8. The third-order valence-corrected chi connectivity index (χ3v) is 3.94. The maximum atomic E-state index is 12.2. The van der Waals surface area contributed by atoms with Crippen LogP contribution >= 0.6 is 0 Å². The zero-order valence-corrected chi connectivity index (χ0v) is 15.4. The first-order chi connectivity index (χ1) is 11.8. The average Bonchev–Trinajstić information content (AvgIpc) is 2.75. The van der Waals surface area contributed by atoms with Crippen LogP contribution in [0.15, 0.2) is 24.3 Å². The van der Waals surface area contributed by atoms with Gasteiger partial charge in [-0.15, -0.1) is 0 Å². The van der Waals surface area contributed by atoms with Crippen molar-refractivity contribution in [2.45, 2.75) is 20.8 Å². The number of aromatic nitrogens is 2. The zero-order valence-electron chi connectivity index (χ0n) is 15.4. The van der Waals surface area contributed by atoms with Crippen molar-refractivity contribution in [3.63, 3.8) is 0 Å². The standard InChI is InChI=1S/C18H25N5O2/c1-12-6-8-15(9-7-12)19-16(24)10-22(4)11-17(25)20-18-13(2)21-23(5)14(18)3/h6-9H,10-11H2,1-5H3,(H,19,24)(H,20,25). The predicted octanol–water partition coefficient (Wildman–Crippen LogP) is 1.85. The van der Waals surface area contributed by atoms with E-state index >= 15 is 0 Å². The summed E-state index contributed by atoms with van der Waals surface area (Å²) in [6.07, 6.45) is 0. The molecule has 2 N–H and O–H groups in total. The van der Waals surface area contributed by atoms with Gasteiger partial charge in [-0.1, -0.05) is 17.7 Å². The zero-order chi connectivity index (χ0) is 18.6. The molecule has 0 saturated carbocycles. The summed E-state index contributed by atoms with van der Waals surface area (Å²) in [6.45, 7) is 5.99. The third kappa shape index (κ3) is 5.15. The van der Waals surface area contributed by atoms with Crippen LogP contribution in [-0.4, -0.2) is 46.6 Å². The number of hydrogen-bond donors (Lipinski definition) is 2. The number of nitrogens with one attached hydrogen (secondary N) is 2. The van der Waals surface area contributed by atoms with Crippen LogP contribution in [0.3, 0.4) is 0 Å². The van der Waals surface area contributed by atoms with Gasteiger partial charge in [-0.25, -0.2) is 0 Å². The molecule has 2 amide bonds. The maximum absolute atomic E-state index is 12.2. The second kappa shape index (κ2) is 7.94. The monoisotopic (exact) mass is 343 g/mol. The molecule has 2 rings (SSSR count). The Balaban J connectivity index is 1.84. The first-order valence-electron chi connectivity index (χ1n) is 8.11. The molecule has 0 radical (unpaired) electrons. The number of likely N-dealkylation sites (N-methyl/N-ethyl adjacent to an activating group) is 1. The molecule has 25 heavy (non-hydrogen) atoms. The van der Waals surface area contributed by atoms with E-state index in [9.17, 15) is 9.59 Å². The quantitative estimate of drug-likeness (QED) is 0.839. The second-order valence-electron chi connectivity index (χ2n) is 6.30. The second-order valence-corrected chi connectivity index (χ2v) is 6.30. The van der Waals surface area contributed by atoms with Crippen LogP contribution in [0.5, 0.6) is 0 Å². The lowest BCUT2D eigenvalue weighted by atomic mass is 10.2. The van der Waals surface area contributed by atoms with Crippen LogP contribution in [0.2, 0.25) is 0 Å². The van der Waals surface area contributed by atoms with Gasteiger partial charge < -0.3 is 10.6 Å². The molecule has 0 aliphatic heterocycles. The molecule has 1 heterocycles. The number of aryl methyl sites for hydroxylation is 3. The number of carbonyl (C=O) groups is 2. The minimum absolute atomic E-state index is 0.120. The smallest absolute Gasteiger partial charge is 0.238 e. The number of amides is 2. The number of rotatable bonds is 6. The molecule has 0 fully saturated rings. The van der Waals surface area contributed by atoms with Gasteiger partial charge in [0.05, 0.1) is 30.2 Å². The highest BCUT2D eigenvalue weighted by atomic mass is 16.2. The van der Waals surface area contributed by atoms with Gasteiger partial charge in [-0.05, 0) is 40.0 Å². The number of anilines is 2. The van der Waals surface area contributed by atoms with E-state index in [1.165, 1.54) is 0 Å². The summed E-state index contributed by atoms with van der Waals surface area (Å²) in [4.78, 5) is 25.9. The first kappa shape index (κ1) is 18.7. The predicted molar refractivity (Wildman–Crippen MR) is 98.6 cm³/mol. The van der Waals surface area contributed by atoms with Crippen molar-refractivity contribution >= 4 is 23.2 Å². The van der Waals surface area contributed by atoms with Crippen molar-refractivity contribution in [1.29, 1.82) is 0 Å². The third-order valence-electron chi connectivity index (χ3n) is 3.94. The van der Waals surface area contributed by atoms with Crippen LogP contribution in [0, 0.1) is 20.8 Å². The van der Waals surface area contributed by atoms with Crippen LogP contribution in [0.25, 0.3) is 0 Å². The van der Waals surface area contributed by atoms with Gasteiger partial charge in [0, 0.05) is 12.7 Å². The molecule has 2 aromatic rings. The van der Waals surface area contributed by atoms with Crippen LogP contribution < -0.4 is 10.6 Å². The van der Waals surface area contributed by atoms with Crippen molar-refractivity contribution in [2.75, 3.05) is 30.8 Å². The van der Waals surface area contributed by atoms with E-state index in [0.717, 1.165) is 28.3 Å². The molecule has 0 spiro atoms. The van der Waals surface area contributed by atoms with Gasteiger partial charge >= 0.3 is 0 Å². The Morgan fingerprint density at radius 2 is 1.60 bits per heavy atom. The highest BCUT2D eigenvalue weighted by molar-refractivity contribution is 5.95. The van der Waals surface area contributed by atoms with Crippen molar-refractivity contribution < 1.29 is 9.59 Å². The molecule has 0 unspecified atom stereocenters. The Hall–Kier alpha value is -2.67. The van der Waals surface area contributed by atoms with E-state index in [4.69, 9.17) is 0 Å². The highest BCUT2D eigenvalue weighted by Crippen LogP contribution is 2.18. The summed E-state index contributed by atoms with van der Waals surface area (Å²) < 4.78 is 1.73. The number of benzene rings is 1. The largest absolute Gasteiger partial charge is 0.325 e. The van der Waals surface area contributed by atoms with E-state index in [1.54, 1.807) is 16.6 Å². The van der Waals surface area contributed by atoms with E-state index in [0.29, 0.717) is 0 Å². The molecule has 1 aromatic carbocycles. The fraction of sp³-hybridized carbons (Fsp3) is 0.389. The van der Waals surface area contributed by atoms with Crippen molar-refractivity contribution in [3.05, 3.63) is 41.2 Å². The minimum atomic E-state index is -0.176. The van der Waals surface area contributed by atoms with Crippen LogP contribution in [-0.2, 0) is 16.6 Å². The summed E-state index contributed by atoms with van der Waals surface area (Å²) in [5, 5.41) is 9.95. The molecule has 134 valence electrons. The Labute approximate surface area is 148 Å². The lowest BCUT2D eigenvalue weighted by Gasteiger charge is -2.16. The SMILES string of the molecule is Cc1ccc(NC(=O)CN(C)CC(=O)Nc2c(C)nn(C)c2C)cc1. The Morgan fingerprint density at radius 3 is 2.12 bits per heavy atom. The van der Waals surface area contributed by atoms with Gasteiger partial charge in [0.25, 0.3) is 0 Å². The lowest BCUT2D eigenvalue weighted by molar-refractivity contribution is -0.119. The molecule has 1 aromatic heterocycles. The molecule has 0 atom stereocenters. The topological polar surface area (TPSA) is 79.3 Å². The van der Waals surface area contributed by atoms with Gasteiger partial charge in [-0.3, -0.25) is 19.2 Å². The van der Waals surface area contributed by atoms with Crippen molar-refractivity contribution in [1.82, 2.24) is 14.7 Å². The summed E-state index contributed by atoms with van der Waals surface area (Å²) in [6, 6.07) is 7.58. The Kier molecular flexibility index (Phi) is 5.93. The van der Waals surface area contributed by atoms with E-state index in [1.807, 2.05) is 52.1 Å². The molecule has 7 heteroatoms. The number of hydrogen-bond acceptors (Lipinski definition) is 4. The van der Waals surface area contributed by atoms with Crippen LogP contribution in [0.1, 0.15) is 17.0 Å². The van der Waals surface area contributed by atoms with E-state index < -0.39 is 0 Å². The molecular weight excluding hydrogens is 318 g/mol. The molecule has 0 saturated heterocycles. The summed E-state index contributed by atoms with van der Waals surface area (Å²) >= 11 is 0. The maximum Gasteiger partial charge on any atom is 0.238 e. The van der Waals surface area contributed by atoms with Gasteiger partial charge in [0.2, 0.25) is 11.8 Å². The van der Waals surface area contributed by atoms with Gasteiger partial charge in [0.1, 0.15) is 0 Å². The highest BCUT2D eigenvalue weighted by Gasteiger charge is 2.15. The van der Waals surface area contributed by atoms with E-state index in [-0.39, 0.29) is 24.9 Å². The average molecular weight is 343 g/mol. The molecule has 0 aliphatic rings. The fourth-order valence-corrected chi connectivity index (χ4v) is 2.52. The molecular formula is C18H25N5O2. The lowest BCUT2D eigenvalue weighted by Crippen LogP contribution is -2.36. The molecule has 7 nitrogen and oxygen atoms in total. The minimum Gasteiger partial charge on any atom is -0.325 e. The number of carbonyl (C=O) groups excluding carboxylic acids is 2. The van der Waals surface area contributed by atoms with Gasteiger partial charge in [0.15, 0.2) is 0 Å². The van der Waals surface area contributed by atoms with E-state index in [2.05, 4.69) is 15.7 Å². The Morgan fingerprint density at radius 1 is 1.04 bits per heavy atom. The molecule has 0 aliphatic carbocycles. The summed E-state index contributed by atoms with van der Waals surface area (Å²) in [5.41, 5.74) is 4.27. The van der Waals surface area contributed by atoms with Gasteiger partial charge in [-0.2, -0.15) is 5.10 Å². The van der Waals surface area contributed by atoms with Crippen LogP contribution in [0.4, 0.5) is 11.4 Å².